The van der Waals surface area contributed by atoms with Gasteiger partial charge in [0, 0.05) is 40.1 Å². The molecule has 1 aliphatic heterocycles. The van der Waals surface area contributed by atoms with Crippen molar-refractivity contribution in [1.29, 1.82) is 0 Å². The Morgan fingerprint density at radius 3 is 2.74 bits per heavy atom. The summed E-state index contributed by atoms with van der Waals surface area (Å²) in [4.78, 5) is 25.4. The number of aliphatic hydroxyl groups is 1. The van der Waals surface area contributed by atoms with E-state index in [4.69, 9.17) is 16.3 Å². The smallest absolute Gasteiger partial charge is 0.228 e. The van der Waals surface area contributed by atoms with Crippen molar-refractivity contribution in [3.05, 3.63) is 83.2 Å². The second kappa shape index (κ2) is 9.13. The summed E-state index contributed by atoms with van der Waals surface area (Å²) in [6.45, 7) is 3.32. The van der Waals surface area contributed by atoms with Gasteiger partial charge in [0.05, 0.1) is 37.1 Å². The van der Waals surface area contributed by atoms with Crippen LogP contribution in [-0.2, 0) is 21.5 Å². The molecule has 4 heterocycles. The number of aromatic nitrogens is 4. The molecule has 5 rings (SSSR count). The monoisotopic (exact) mass is 477 g/mol. The lowest BCUT2D eigenvalue weighted by atomic mass is 9.94. The fourth-order valence-corrected chi connectivity index (χ4v) is 4.39. The van der Waals surface area contributed by atoms with Crippen molar-refractivity contribution in [1.82, 2.24) is 19.5 Å². The number of benzene rings is 1. The zero-order valence-electron chi connectivity index (χ0n) is 18.6. The average Bonchev–Trinajstić information content (AvgIpc) is 3.20. The zero-order valence-corrected chi connectivity index (χ0v) is 19.4. The SMILES string of the molecule is CCC1(n2cc(C(O)c3cncc(NC(=O)Cc4ccc(Cl)cc4)c3)c3cncnc32)COC1. The highest BCUT2D eigenvalue weighted by molar-refractivity contribution is 6.30. The van der Waals surface area contributed by atoms with Gasteiger partial charge in [-0.2, -0.15) is 0 Å². The number of ether oxygens (including phenoxy) is 1. The van der Waals surface area contributed by atoms with E-state index in [1.54, 1.807) is 36.8 Å². The van der Waals surface area contributed by atoms with Crippen LogP contribution < -0.4 is 5.32 Å². The van der Waals surface area contributed by atoms with Gasteiger partial charge in [-0.3, -0.25) is 9.78 Å². The van der Waals surface area contributed by atoms with Gasteiger partial charge in [0.1, 0.15) is 18.1 Å². The van der Waals surface area contributed by atoms with Gasteiger partial charge in [0.15, 0.2) is 0 Å². The van der Waals surface area contributed by atoms with E-state index in [2.05, 4.69) is 31.8 Å². The van der Waals surface area contributed by atoms with Crippen molar-refractivity contribution in [3.63, 3.8) is 0 Å². The number of hydrogen-bond donors (Lipinski definition) is 2. The summed E-state index contributed by atoms with van der Waals surface area (Å²) in [6, 6.07) is 8.86. The molecule has 0 bridgehead atoms. The Bertz CT molecular complexity index is 1330. The third-order valence-electron chi connectivity index (χ3n) is 6.34. The zero-order chi connectivity index (χ0) is 23.7. The van der Waals surface area contributed by atoms with Crippen LogP contribution in [0.3, 0.4) is 0 Å². The highest BCUT2D eigenvalue weighted by Gasteiger charge is 2.40. The van der Waals surface area contributed by atoms with E-state index in [1.807, 2.05) is 18.3 Å². The van der Waals surface area contributed by atoms with Crippen LogP contribution in [0.1, 0.15) is 36.1 Å². The molecule has 3 aromatic heterocycles. The summed E-state index contributed by atoms with van der Waals surface area (Å²) in [5.74, 6) is -0.185. The molecule has 2 N–H and O–H groups in total. The molecule has 0 aliphatic carbocycles. The van der Waals surface area contributed by atoms with E-state index in [-0.39, 0.29) is 17.9 Å². The molecular weight excluding hydrogens is 454 g/mol. The minimum atomic E-state index is -0.967. The maximum atomic E-state index is 12.5. The van der Waals surface area contributed by atoms with E-state index >= 15 is 0 Å². The van der Waals surface area contributed by atoms with E-state index in [0.29, 0.717) is 35.1 Å². The van der Waals surface area contributed by atoms with Crippen LogP contribution in [0, 0.1) is 0 Å². The molecule has 1 aliphatic rings. The second-order valence-corrected chi connectivity index (χ2v) is 8.98. The molecule has 4 aromatic rings. The number of carbonyl (C=O) groups is 1. The minimum absolute atomic E-state index is 0.180. The number of rotatable bonds is 7. The molecule has 0 spiro atoms. The van der Waals surface area contributed by atoms with Crippen LogP contribution in [0.15, 0.2) is 61.4 Å². The number of hydrogen-bond acceptors (Lipinski definition) is 6. The first-order chi connectivity index (χ1) is 16.5. The quantitative estimate of drug-likeness (QED) is 0.419. The molecule has 1 aromatic carbocycles. The van der Waals surface area contributed by atoms with Crippen LogP contribution in [-0.4, -0.2) is 43.7 Å². The largest absolute Gasteiger partial charge is 0.384 e. The Labute approximate surface area is 201 Å². The van der Waals surface area contributed by atoms with E-state index in [0.717, 1.165) is 23.0 Å². The third-order valence-corrected chi connectivity index (χ3v) is 6.59. The van der Waals surface area contributed by atoms with Crippen molar-refractivity contribution in [3.8, 4) is 0 Å². The number of amides is 1. The first-order valence-corrected chi connectivity index (χ1v) is 11.4. The van der Waals surface area contributed by atoms with Crippen molar-refractivity contribution in [2.24, 2.45) is 0 Å². The summed E-state index contributed by atoms with van der Waals surface area (Å²) in [6.07, 6.45) is 8.42. The van der Waals surface area contributed by atoms with Crippen LogP contribution in [0.4, 0.5) is 5.69 Å². The van der Waals surface area contributed by atoms with Crippen molar-refractivity contribution >= 4 is 34.2 Å². The van der Waals surface area contributed by atoms with Crippen molar-refractivity contribution in [2.45, 2.75) is 31.4 Å². The average molecular weight is 478 g/mol. The summed E-state index contributed by atoms with van der Waals surface area (Å²) in [5, 5.41) is 15.5. The van der Waals surface area contributed by atoms with Crippen molar-refractivity contribution in [2.75, 3.05) is 18.5 Å². The summed E-state index contributed by atoms with van der Waals surface area (Å²) < 4.78 is 7.60. The van der Waals surface area contributed by atoms with Crippen LogP contribution in [0.2, 0.25) is 5.02 Å². The Morgan fingerprint density at radius 2 is 2.03 bits per heavy atom. The first kappa shape index (κ1) is 22.5. The van der Waals surface area contributed by atoms with Crippen LogP contribution >= 0.6 is 11.6 Å². The van der Waals surface area contributed by atoms with Gasteiger partial charge in [-0.25, -0.2) is 9.97 Å². The molecule has 0 radical (unpaired) electrons. The third kappa shape index (κ3) is 4.16. The fraction of sp³-hybridized carbons (Fsp3) is 0.280. The molecule has 34 heavy (non-hydrogen) atoms. The number of nitrogens with one attached hydrogen (secondary N) is 1. The Hall–Kier alpha value is -3.33. The van der Waals surface area contributed by atoms with E-state index in [9.17, 15) is 9.90 Å². The molecule has 1 fully saturated rings. The van der Waals surface area contributed by atoms with Gasteiger partial charge >= 0.3 is 0 Å². The van der Waals surface area contributed by atoms with Gasteiger partial charge < -0.3 is 19.7 Å². The number of halogens is 1. The molecule has 1 saturated heterocycles. The number of pyridine rings is 1. The predicted octanol–water partition coefficient (Wildman–Crippen LogP) is 3.88. The van der Waals surface area contributed by atoms with E-state index < -0.39 is 6.10 Å². The highest BCUT2D eigenvalue weighted by atomic mass is 35.5. The number of fused-ring (bicyclic) bond motifs is 1. The number of aliphatic hydroxyl groups excluding tert-OH is 1. The Morgan fingerprint density at radius 1 is 1.24 bits per heavy atom. The molecule has 1 amide bonds. The summed E-state index contributed by atoms with van der Waals surface area (Å²) in [7, 11) is 0. The molecule has 1 unspecified atom stereocenters. The standard InChI is InChI=1S/C25H24ClN5O3/c1-2-25(13-34-14-25)31-12-21(20-11-28-15-29-24(20)31)23(33)17-8-19(10-27-9-17)30-22(32)7-16-3-5-18(26)6-4-16/h3-6,8-12,15,23,33H,2,7,13-14H2,1H3,(H,30,32). The number of nitrogens with zero attached hydrogens (tertiary/aromatic N) is 4. The molecule has 1 atom stereocenters. The van der Waals surface area contributed by atoms with Gasteiger partial charge in [-0.15, -0.1) is 0 Å². The van der Waals surface area contributed by atoms with E-state index in [1.165, 1.54) is 6.33 Å². The van der Waals surface area contributed by atoms with Gasteiger partial charge in [-0.05, 0) is 30.2 Å². The van der Waals surface area contributed by atoms with Gasteiger partial charge in [-0.1, -0.05) is 30.7 Å². The fourth-order valence-electron chi connectivity index (χ4n) is 4.27. The lowest BCUT2D eigenvalue weighted by molar-refractivity contribution is -0.115. The molecule has 174 valence electrons. The van der Waals surface area contributed by atoms with Crippen LogP contribution in [0.25, 0.3) is 11.0 Å². The van der Waals surface area contributed by atoms with Crippen molar-refractivity contribution < 1.29 is 14.6 Å². The number of carbonyl (C=O) groups excluding carboxylic acids is 1. The Kier molecular flexibility index (Phi) is 6.03. The topological polar surface area (TPSA) is 102 Å². The predicted molar refractivity (Wildman–Crippen MR) is 129 cm³/mol. The van der Waals surface area contributed by atoms with Gasteiger partial charge in [0.2, 0.25) is 5.91 Å². The lowest BCUT2D eigenvalue weighted by Gasteiger charge is -2.42. The molecule has 9 heteroatoms. The maximum Gasteiger partial charge on any atom is 0.228 e. The molecule has 0 saturated carbocycles. The number of anilines is 1. The summed E-state index contributed by atoms with van der Waals surface area (Å²) >= 11 is 5.91. The highest BCUT2D eigenvalue weighted by Crippen LogP contribution is 2.37. The lowest BCUT2D eigenvalue weighted by Crippen LogP contribution is -2.50. The van der Waals surface area contributed by atoms with Crippen LogP contribution in [0.5, 0.6) is 0 Å². The maximum absolute atomic E-state index is 12.5. The Balaban J connectivity index is 1.40. The molecule has 8 nitrogen and oxygen atoms in total. The second-order valence-electron chi connectivity index (χ2n) is 8.55. The van der Waals surface area contributed by atoms with Gasteiger partial charge in [0.25, 0.3) is 0 Å². The normalized spacial score (nSPS) is 15.6. The minimum Gasteiger partial charge on any atom is -0.384 e. The molecular formula is C25H24ClN5O3. The first-order valence-electron chi connectivity index (χ1n) is 11.1. The summed E-state index contributed by atoms with van der Waals surface area (Å²) in [5.41, 5.74) is 3.18.